The van der Waals surface area contributed by atoms with Gasteiger partial charge in [0.15, 0.2) is 0 Å². The van der Waals surface area contributed by atoms with Crippen molar-refractivity contribution in [3.8, 4) is 0 Å². The van der Waals surface area contributed by atoms with Gasteiger partial charge in [-0.15, -0.1) is 0 Å². The summed E-state index contributed by atoms with van der Waals surface area (Å²) in [6, 6.07) is 0. The molecule has 4 nitrogen and oxygen atoms in total. The van der Waals surface area contributed by atoms with E-state index >= 15 is 0 Å². The summed E-state index contributed by atoms with van der Waals surface area (Å²) in [5.41, 5.74) is 0. The van der Waals surface area contributed by atoms with Gasteiger partial charge in [0.1, 0.15) is 6.23 Å². The minimum atomic E-state index is -0.533. The number of nitrogens with zero attached hydrogens (tertiary/aromatic N) is 1. The van der Waals surface area contributed by atoms with Gasteiger partial charge in [0.25, 0.3) is 0 Å². The molecule has 0 aromatic heterocycles. The standard InChI is InChI=1S/C8H19NO3/c1-2-3-8(12)9(4-6-10)5-7-11/h8,10-12H,2-7H2,1H3. The molecule has 0 heterocycles. The van der Waals surface area contributed by atoms with Crippen LogP contribution in [-0.4, -0.2) is 52.8 Å². The highest BCUT2D eigenvalue weighted by Gasteiger charge is 2.12. The molecule has 0 aliphatic heterocycles. The fraction of sp³-hybridized carbons (Fsp3) is 1.00. The average molecular weight is 177 g/mol. The maximum Gasteiger partial charge on any atom is 0.107 e. The second-order valence-corrected chi connectivity index (χ2v) is 2.75. The second kappa shape index (κ2) is 7.49. The summed E-state index contributed by atoms with van der Waals surface area (Å²) in [6.07, 6.45) is 1.04. The minimum Gasteiger partial charge on any atom is -0.395 e. The minimum absolute atomic E-state index is 0.0147. The SMILES string of the molecule is CCCC(O)N(CCO)CCO. The molecule has 1 atom stereocenters. The highest BCUT2D eigenvalue weighted by atomic mass is 16.3. The van der Waals surface area contributed by atoms with Crippen molar-refractivity contribution in [2.45, 2.75) is 26.0 Å². The molecule has 0 aromatic rings. The van der Waals surface area contributed by atoms with Crippen LogP contribution in [0.4, 0.5) is 0 Å². The summed E-state index contributed by atoms with van der Waals surface area (Å²) in [5.74, 6) is 0. The third-order valence-corrected chi connectivity index (χ3v) is 1.74. The predicted molar refractivity (Wildman–Crippen MR) is 46.7 cm³/mol. The van der Waals surface area contributed by atoms with Crippen molar-refractivity contribution in [2.24, 2.45) is 0 Å². The van der Waals surface area contributed by atoms with Gasteiger partial charge in [-0.3, -0.25) is 4.90 Å². The van der Waals surface area contributed by atoms with Crippen molar-refractivity contribution in [3.63, 3.8) is 0 Å². The molecule has 12 heavy (non-hydrogen) atoms. The zero-order valence-corrected chi connectivity index (χ0v) is 7.61. The van der Waals surface area contributed by atoms with Crippen LogP contribution >= 0.6 is 0 Å². The lowest BCUT2D eigenvalue weighted by Gasteiger charge is -2.25. The third-order valence-electron chi connectivity index (χ3n) is 1.74. The average Bonchev–Trinajstić information content (AvgIpc) is 2.04. The lowest BCUT2D eigenvalue weighted by Crippen LogP contribution is -2.39. The van der Waals surface area contributed by atoms with Crippen LogP contribution in [0.15, 0.2) is 0 Å². The summed E-state index contributed by atoms with van der Waals surface area (Å²) in [6.45, 7) is 2.85. The van der Waals surface area contributed by atoms with E-state index in [9.17, 15) is 5.11 Å². The van der Waals surface area contributed by atoms with Crippen molar-refractivity contribution in [1.29, 1.82) is 0 Å². The summed E-state index contributed by atoms with van der Waals surface area (Å²) in [5, 5.41) is 26.8. The van der Waals surface area contributed by atoms with Crippen LogP contribution < -0.4 is 0 Å². The molecule has 0 saturated carbocycles. The Morgan fingerprint density at radius 1 is 1.17 bits per heavy atom. The molecule has 0 saturated heterocycles. The molecule has 0 aromatic carbocycles. The second-order valence-electron chi connectivity index (χ2n) is 2.75. The van der Waals surface area contributed by atoms with Crippen molar-refractivity contribution in [2.75, 3.05) is 26.3 Å². The van der Waals surface area contributed by atoms with Gasteiger partial charge in [0.05, 0.1) is 13.2 Å². The Balaban J connectivity index is 3.72. The zero-order chi connectivity index (χ0) is 9.40. The van der Waals surface area contributed by atoms with Crippen LogP contribution in [-0.2, 0) is 0 Å². The Bertz CT molecular complexity index is 94.3. The quantitative estimate of drug-likeness (QED) is 0.454. The first-order chi connectivity index (χ1) is 5.76. The van der Waals surface area contributed by atoms with Crippen LogP contribution in [0.5, 0.6) is 0 Å². The number of aliphatic hydroxyl groups excluding tert-OH is 3. The molecule has 0 spiro atoms. The molecule has 1 unspecified atom stereocenters. The molecule has 0 rings (SSSR count). The first-order valence-corrected chi connectivity index (χ1v) is 4.40. The van der Waals surface area contributed by atoms with Crippen LogP contribution in [0.25, 0.3) is 0 Å². The molecule has 74 valence electrons. The summed E-state index contributed by atoms with van der Waals surface area (Å²) >= 11 is 0. The van der Waals surface area contributed by atoms with Gasteiger partial charge in [0, 0.05) is 13.1 Å². The molecule has 0 aliphatic rings. The normalized spacial score (nSPS) is 13.8. The van der Waals surface area contributed by atoms with Crippen LogP contribution in [0.3, 0.4) is 0 Å². The van der Waals surface area contributed by atoms with E-state index in [1.807, 2.05) is 6.92 Å². The van der Waals surface area contributed by atoms with E-state index in [1.165, 1.54) is 0 Å². The summed E-state index contributed by atoms with van der Waals surface area (Å²) in [7, 11) is 0. The van der Waals surface area contributed by atoms with Crippen LogP contribution in [0, 0.1) is 0 Å². The van der Waals surface area contributed by atoms with Gasteiger partial charge in [-0.25, -0.2) is 0 Å². The molecule has 4 heteroatoms. The van der Waals surface area contributed by atoms with Gasteiger partial charge < -0.3 is 15.3 Å². The van der Waals surface area contributed by atoms with Crippen molar-refractivity contribution >= 4 is 0 Å². The Kier molecular flexibility index (Phi) is 7.39. The van der Waals surface area contributed by atoms with E-state index in [2.05, 4.69) is 0 Å². The van der Waals surface area contributed by atoms with E-state index in [4.69, 9.17) is 10.2 Å². The third kappa shape index (κ3) is 4.66. The Morgan fingerprint density at radius 2 is 1.67 bits per heavy atom. The Morgan fingerprint density at radius 3 is 2.00 bits per heavy atom. The highest BCUT2D eigenvalue weighted by Crippen LogP contribution is 2.02. The number of hydrogen-bond acceptors (Lipinski definition) is 4. The fourth-order valence-corrected chi connectivity index (χ4v) is 1.11. The zero-order valence-electron chi connectivity index (χ0n) is 7.61. The molecule has 0 amide bonds. The van der Waals surface area contributed by atoms with E-state index in [0.29, 0.717) is 19.5 Å². The molecular formula is C8H19NO3. The topological polar surface area (TPSA) is 63.9 Å². The monoisotopic (exact) mass is 177 g/mol. The summed E-state index contributed by atoms with van der Waals surface area (Å²) < 4.78 is 0. The van der Waals surface area contributed by atoms with Gasteiger partial charge in [-0.05, 0) is 6.42 Å². The first kappa shape index (κ1) is 11.8. The first-order valence-electron chi connectivity index (χ1n) is 4.40. The molecule has 0 aliphatic carbocycles. The lowest BCUT2D eigenvalue weighted by molar-refractivity contribution is -0.0194. The molecule has 3 N–H and O–H groups in total. The Labute approximate surface area is 73.4 Å². The highest BCUT2D eigenvalue weighted by molar-refractivity contribution is 4.60. The molecule has 0 radical (unpaired) electrons. The number of hydrogen-bond donors (Lipinski definition) is 3. The molecule has 0 bridgehead atoms. The van der Waals surface area contributed by atoms with E-state index in [-0.39, 0.29) is 13.2 Å². The van der Waals surface area contributed by atoms with Crippen molar-refractivity contribution in [1.82, 2.24) is 4.90 Å². The maximum absolute atomic E-state index is 9.47. The number of rotatable bonds is 7. The lowest BCUT2D eigenvalue weighted by atomic mass is 10.3. The van der Waals surface area contributed by atoms with Gasteiger partial charge in [-0.2, -0.15) is 0 Å². The smallest absolute Gasteiger partial charge is 0.107 e. The van der Waals surface area contributed by atoms with Crippen molar-refractivity contribution < 1.29 is 15.3 Å². The fourth-order valence-electron chi connectivity index (χ4n) is 1.11. The van der Waals surface area contributed by atoms with Gasteiger partial charge in [-0.1, -0.05) is 13.3 Å². The van der Waals surface area contributed by atoms with Crippen LogP contribution in [0.1, 0.15) is 19.8 Å². The van der Waals surface area contributed by atoms with Gasteiger partial charge in [0.2, 0.25) is 0 Å². The van der Waals surface area contributed by atoms with Gasteiger partial charge >= 0.3 is 0 Å². The number of aliphatic hydroxyl groups is 3. The van der Waals surface area contributed by atoms with Crippen LogP contribution in [0.2, 0.25) is 0 Å². The maximum atomic E-state index is 9.47. The van der Waals surface area contributed by atoms with E-state index in [1.54, 1.807) is 4.90 Å². The predicted octanol–water partition coefficient (Wildman–Crippen LogP) is -0.609. The van der Waals surface area contributed by atoms with E-state index < -0.39 is 6.23 Å². The summed E-state index contributed by atoms with van der Waals surface area (Å²) in [4.78, 5) is 1.67. The molecule has 0 fully saturated rings. The van der Waals surface area contributed by atoms with E-state index in [0.717, 1.165) is 6.42 Å². The van der Waals surface area contributed by atoms with Crippen molar-refractivity contribution in [3.05, 3.63) is 0 Å². The Hall–Kier alpha value is -0.160. The largest absolute Gasteiger partial charge is 0.395 e. The molecular weight excluding hydrogens is 158 g/mol.